The van der Waals surface area contributed by atoms with E-state index < -0.39 is 11.9 Å². The Morgan fingerprint density at radius 1 is 1.19 bits per heavy atom. The first-order valence-corrected chi connectivity index (χ1v) is 5.53. The van der Waals surface area contributed by atoms with Crippen LogP contribution in [0.25, 0.3) is 0 Å². The molecule has 1 aromatic heterocycles. The number of hydrogen-bond donors (Lipinski definition) is 0. The lowest BCUT2D eigenvalue weighted by atomic mass is 9.95. The largest absolute Gasteiger partial charge is 0.433 e. The zero-order valence-corrected chi connectivity index (χ0v) is 9.14. The van der Waals surface area contributed by atoms with Gasteiger partial charge in [0.15, 0.2) is 0 Å². The minimum Gasteiger partial charge on any atom is -0.248 e. The maximum Gasteiger partial charge on any atom is 0.433 e. The molecule has 1 nitrogen and oxygen atoms in total. The van der Waals surface area contributed by atoms with E-state index in [2.05, 4.69) is 4.98 Å². The fourth-order valence-electron chi connectivity index (χ4n) is 2.36. The summed E-state index contributed by atoms with van der Waals surface area (Å²) in [4.78, 5) is 3.66. The highest BCUT2D eigenvalue weighted by Crippen LogP contribution is 2.40. The monoisotopic (exact) mass is 229 g/mol. The minimum atomic E-state index is -4.33. The normalized spacial score (nSPS) is 18.0. The second-order valence-corrected chi connectivity index (χ2v) is 4.37. The summed E-state index contributed by atoms with van der Waals surface area (Å²) in [7, 11) is 0. The van der Waals surface area contributed by atoms with E-state index in [0.717, 1.165) is 25.7 Å². The molecule has 0 aromatic carbocycles. The SMILES string of the molecule is Cc1ccc(C2CCCC2)c(C(F)(F)F)n1. The van der Waals surface area contributed by atoms with Crippen LogP contribution in [0.1, 0.15) is 48.6 Å². The van der Waals surface area contributed by atoms with Crippen LogP contribution in [0.15, 0.2) is 12.1 Å². The summed E-state index contributed by atoms with van der Waals surface area (Å²) in [5.74, 6) is 0.0460. The average Bonchev–Trinajstić information content (AvgIpc) is 2.69. The van der Waals surface area contributed by atoms with Gasteiger partial charge >= 0.3 is 6.18 Å². The first-order valence-electron chi connectivity index (χ1n) is 5.53. The molecule has 0 unspecified atom stereocenters. The van der Waals surface area contributed by atoms with E-state index in [1.54, 1.807) is 19.1 Å². The molecule has 0 spiro atoms. The molecule has 2 rings (SSSR count). The molecule has 0 atom stereocenters. The molecule has 1 heterocycles. The number of aromatic nitrogens is 1. The van der Waals surface area contributed by atoms with Crippen LogP contribution in [0.5, 0.6) is 0 Å². The van der Waals surface area contributed by atoms with Gasteiger partial charge in [-0.1, -0.05) is 18.9 Å². The number of alkyl halides is 3. The zero-order chi connectivity index (χ0) is 11.8. The summed E-state index contributed by atoms with van der Waals surface area (Å²) in [5, 5.41) is 0. The van der Waals surface area contributed by atoms with Crippen molar-refractivity contribution < 1.29 is 13.2 Å². The van der Waals surface area contributed by atoms with Gasteiger partial charge in [-0.05, 0) is 37.3 Å². The van der Waals surface area contributed by atoms with Gasteiger partial charge in [0.05, 0.1) is 0 Å². The predicted octanol–water partition coefficient (Wildman–Crippen LogP) is 4.07. The van der Waals surface area contributed by atoms with E-state index in [9.17, 15) is 13.2 Å². The molecule has 1 fully saturated rings. The van der Waals surface area contributed by atoms with Crippen molar-refractivity contribution in [3.8, 4) is 0 Å². The van der Waals surface area contributed by atoms with E-state index in [1.807, 2.05) is 0 Å². The fourth-order valence-corrected chi connectivity index (χ4v) is 2.36. The first kappa shape index (κ1) is 11.4. The molecule has 1 saturated carbocycles. The molecule has 0 radical (unpaired) electrons. The van der Waals surface area contributed by atoms with Crippen molar-refractivity contribution in [1.82, 2.24) is 4.98 Å². The fraction of sp³-hybridized carbons (Fsp3) is 0.583. The predicted molar refractivity (Wildman–Crippen MR) is 55.2 cm³/mol. The minimum absolute atomic E-state index is 0.0460. The molecule has 1 aliphatic rings. The van der Waals surface area contributed by atoms with Crippen molar-refractivity contribution in [2.45, 2.75) is 44.7 Å². The highest BCUT2D eigenvalue weighted by molar-refractivity contribution is 5.29. The third-order valence-corrected chi connectivity index (χ3v) is 3.13. The third-order valence-electron chi connectivity index (χ3n) is 3.13. The maximum absolute atomic E-state index is 12.8. The van der Waals surface area contributed by atoms with Crippen molar-refractivity contribution >= 4 is 0 Å². The molecular weight excluding hydrogens is 215 g/mol. The number of nitrogens with zero attached hydrogens (tertiary/aromatic N) is 1. The molecule has 1 aromatic rings. The highest BCUT2D eigenvalue weighted by atomic mass is 19.4. The van der Waals surface area contributed by atoms with E-state index in [1.165, 1.54) is 0 Å². The molecule has 0 saturated heterocycles. The Balaban J connectivity index is 2.43. The van der Waals surface area contributed by atoms with Gasteiger partial charge in [0.1, 0.15) is 5.69 Å². The lowest BCUT2D eigenvalue weighted by Gasteiger charge is -2.16. The van der Waals surface area contributed by atoms with E-state index in [0.29, 0.717) is 11.3 Å². The first-order chi connectivity index (χ1) is 7.48. The van der Waals surface area contributed by atoms with Gasteiger partial charge in [-0.25, -0.2) is 4.98 Å². The Bertz CT molecular complexity index is 378. The Labute approximate surface area is 92.7 Å². The molecule has 88 valence electrons. The number of aryl methyl sites for hydroxylation is 1. The Morgan fingerprint density at radius 2 is 1.81 bits per heavy atom. The van der Waals surface area contributed by atoms with Crippen LogP contribution in [0.4, 0.5) is 13.2 Å². The molecule has 0 bridgehead atoms. The van der Waals surface area contributed by atoms with Crippen LogP contribution in [0.2, 0.25) is 0 Å². The van der Waals surface area contributed by atoms with Crippen molar-refractivity contribution in [1.29, 1.82) is 0 Å². The van der Waals surface area contributed by atoms with Crippen LogP contribution in [-0.2, 0) is 6.18 Å². The van der Waals surface area contributed by atoms with Gasteiger partial charge in [0.2, 0.25) is 0 Å². The zero-order valence-electron chi connectivity index (χ0n) is 9.14. The summed E-state index contributed by atoms with van der Waals surface area (Å²) in [6.45, 7) is 1.59. The van der Waals surface area contributed by atoms with Gasteiger partial charge in [-0.15, -0.1) is 0 Å². The molecule has 4 heteroatoms. The van der Waals surface area contributed by atoms with Crippen molar-refractivity contribution in [2.24, 2.45) is 0 Å². The molecule has 1 aliphatic carbocycles. The maximum atomic E-state index is 12.8. The second-order valence-electron chi connectivity index (χ2n) is 4.37. The molecule has 0 amide bonds. The quantitative estimate of drug-likeness (QED) is 0.707. The van der Waals surface area contributed by atoms with Crippen LogP contribution >= 0.6 is 0 Å². The molecular formula is C12H14F3N. The Morgan fingerprint density at radius 3 is 2.38 bits per heavy atom. The number of pyridine rings is 1. The van der Waals surface area contributed by atoms with Crippen LogP contribution < -0.4 is 0 Å². The standard InChI is InChI=1S/C12H14F3N/c1-8-6-7-10(9-4-2-3-5-9)11(16-8)12(13,14)15/h6-7,9H,2-5H2,1H3. The smallest absolute Gasteiger partial charge is 0.248 e. The summed E-state index contributed by atoms with van der Waals surface area (Å²) in [6, 6.07) is 3.27. The molecule has 16 heavy (non-hydrogen) atoms. The number of rotatable bonds is 1. The van der Waals surface area contributed by atoms with Crippen LogP contribution in [0.3, 0.4) is 0 Å². The molecule has 0 N–H and O–H groups in total. The Hall–Kier alpha value is -1.06. The highest BCUT2D eigenvalue weighted by Gasteiger charge is 2.37. The van der Waals surface area contributed by atoms with Crippen LogP contribution in [-0.4, -0.2) is 4.98 Å². The lowest BCUT2D eigenvalue weighted by molar-refractivity contribution is -0.142. The molecule has 0 aliphatic heterocycles. The average molecular weight is 229 g/mol. The van der Waals surface area contributed by atoms with E-state index in [4.69, 9.17) is 0 Å². The van der Waals surface area contributed by atoms with Gasteiger partial charge < -0.3 is 0 Å². The van der Waals surface area contributed by atoms with Gasteiger partial charge in [-0.3, -0.25) is 0 Å². The Kier molecular flexibility index (Phi) is 2.91. The summed E-state index contributed by atoms with van der Waals surface area (Å²) >= 11 is 0. The van der Waals surface area contributed by atoms with Crippen molar-refractivity contribution in [3.63, 3.8) is 0 Å². The topological polar surface area (TPSA) is 12.9 Å². The van der Waals surface area contributed by atoms with Gasteiger partial charge in [0, 0.05) is 5.69 Å². The van der Waals surface area contributed by atoms with E-state index in [-0.39, 0.29) is 5.92 Å². The summed E-state index contributed by atoms with van der Waals surface area (Å²) in [6.07, 6.45) is -0.572. The summed E-state index contributed by atoms with van der Waals surface area (Å²) < 4.78 is 38.5. The summed E-state index contributed by atoms with van der Waals surface area (Å²) in [5.41, 5.74) is 0.129. The number of hydrogen-bond acceptors (Lipinski definition) is 1. The number of halogens is 3. The van der Waals surface area contributed by atoms with Crippen molar-refractivity contribution in [3.05, 3.63) is 29.1 Å². The van der Waals surface area contributed by atoms with Gasteiger partial charge in [-0.2, -0.15) is 13.2 Å². The second kappa shape index (κ2) is 4.07. The van der Waals surface area contributed by atoms with Crippen LogP contribution in [0, 0.1) is 6.92 Å². The third kappa shape index (κ3) is 2.20. The van der Waals surface area contributed by atoms with Crippen molar-refractivity contribution in [2.75, 3.05) is 0 Å². The lowest BCUT2D eigenvalue weighted by Crippen LogP contribution is -2.14. The van der Waals surface area contributed by atoms with Gasteiger partial charge in [0.25, 0.3) is 0 Å². The van der Waals surface area contributed by atoms with E-state index >= 15 is 0 Å².